The normalized spacial score (nSPS) is 15.9. The number of sulfonamides is 1. The Morgan fingerprint density at radius 3 is 2.38 bits per heavy atom. The molecule has 0 saturated heterocycles. The quantitative estimate of drug-likeness (QED) is 0.810. The third kappa shape index (κ3) is 3.78. The highest BCUT2D eigenvalue weighted by Gasteiger charge is 2.45. The molecule has 5 nitrogen and oxygen atoms in total. The second kappa shape index (κ2) is 7.17. The van der Waals surface area contributed by atoms with E-state index in [0.29, 0.717) is 25.8 Å². The topological polar surface area (TPSA) is 89.3 Å². The lowest BCUT2D eigenvalue weighted by Gasteiger charge is -2.40. The van der Waals surface area contributed by atoms with E-state index < -0.39 is 15.4 Å². The van der Waals surface area contributed by atoms with Gasteiger partial charge >= 0.3 is 0 Å². The molecule has 1 aliphatic carbocycles. The van der Waals surface area contributed by atoms with Crippen LogP contribution in [-0.2, 0) is 26.7 Å². The molecule has 0 atom stereocenters. The number of carbonyl (C=O) groups excluding carboxylic acids is 1. The standard InChI is InChI=1S/C19H21FN2O3S/c20-16-4-1-3-15(13-16)19(10-2-11-19)18(23)22-12-9-14-5-7-17(8-6-14)26(21,24)25/h1,3-8,13H,2,9-12H2,(H,22,23)(H2,21,24,25). The third-order valence-electron chi connectivity index (χ3n) is 4.97. The Balaban J connectivity index is 1.61. The molecule has 1 amide bonds. The first kappa shape index (κ1) is 18.5. The van der Waals surface area contributed by atoms with Gasteiger partial charge in [0.1, 0.15) is 5.82 Å². The van der Waals surface area contributed by atoms with Crippen molar-refractivity contribution in [1.29, 1.82) is 0 Å². The van der Waals surface area contributed by atoms with E-state index in [1.165, 1.54) is 24.3 Å². The van der Waals surface area contributed by atoms with Crippen molar-refractivity contribution in [3.63, 3.8) is 0 Å². The summed E-state index contributed by atoms with van der Waals surface area (Å²) >= 11 is 0. The van der Waals surface area contributed by atoms with Crippen LogP contribution in [0.3, 0.4) is 0 Å². The van der Waals surface area contributed by atoms with Gasteiger partial charge in [-0.1, -0.05) is 30.7 Å². The highest BCUT2D eigenvalue weighted by molar-refractivity contribution is 7.89. The summed E-state index contributed by atoms with van der Waals surface area (Å²) in [5.41, 5.74) is 0.976. The van der Waals surface area contributed by atoms with Crippen LogP contribution in [0.4, 0.5) is 4.39 Å². The van der Waals surface area contributed by atoms with Gasteiger partial charge in [-0.2, -0.15) is 0 Å². The number of hydrogen-bond donors (Lipinski definition) is 2. The molecule has 3 rings (SSSR count). The zero-order chi connectivity index (χ0) is 18.8. The molecule has 26 heavy (non-hydrogen) atoms. The van der Waals surface area contributed by atoms with E-state index in [-0.39, 0.29) is 16.6 Å². The van der Waals surface area contributed by atoms with Crippen molar-refractivity contribution >= 4 is 15.9 Å². The number of nitrogens with one attached hydrogen (secondary N) is 1. The van der Waals surface area contributed by atoms with Gasteiger partial charge in [0.25, 0.3) is 0 Å². The lowest BCUT2D eigenvalue weighted by Crippen LogP contribution is -2.49. The summed E-state index contributed by atoms with van der Waals surface area (Å²) in [5.74, 6) is -0.424. The molecule has 3 N–H and O–H groups in total. The van der Waals surface area contributed by atoms with Crippen LogP contribution in [0.1, 0.15) is 30.4 Å². The lowest BCUT2D eigenvalue weighted by atomic mass is 9.64. The number of carbonyl (C=O) groups is 1. The van der Waals surface area contributed by atoms with Crippen LogP contribution in [0.2, 0.25) is 0 Å². The Hall–Kier alpha value is -2.25. The van der Waals surface area contributed by atoms with E-state index >= 15 is 0 Å². The third-order valence-corrected chi connectivity index (χ3v) is 5.90. The van der Waals surface area contributed by atoms with Crippen molar-refractivity contribution in [1.82, 2.24) is 5.32 Å². The molecule has 0 aliphatic heterocycles. The molecule has 2 aromatic rings. The molecule has 138 valence electrons. The molecule has 0 spiro atoms. The minimum Gasteiger partial charge on any atom is -0.355 e. The minimum atomic E-state index is -3.70. The van der Waals surface area contributed by atoms with Gasteiger partial charge in [0, 0.05) is 6.54 Å². The molecule has 0 heterocycles. The SMILES string of the molecule is NS(=O)(=O)c1ccc(CCNC(=O)C2(c3cccc(F)c3)CCC2)cc1. The predicted octanol–water partition coefficient (Wildman–Crippen LogP) is 2.25. The second-order valence-corrected chi connectivity index (χ2v) is 8.20. The van der Waals surface area contributed by atoms with Crippen molar-refractivity contribution in [3.8, 4) is 0 Å². The maximum atomic E-state index is 13.5. The largest absolute Gasteiger partial charge is 0.355 e. The van der Waals surface area contributed by atoms with Crippen LogP contribution < -0.4 is 10.5 Å². The molecule has 0 aromatic heterocycles. The van der Waals surface area contributed by atoms with E-state index in [4.69, 9.17) is 5.14 Å². The number of nitrogens with two attached hydrogens (primary N) is 1. The smallest absolute Gasteiger partial charge is 0.238 e. The van der Waals surface area contributed by atoms with E-state index in [1.807, 2.05) is 0 Å². The summed E-state index contributed by atoms with van der Waals surface area (Å²) in [6.07, 6.45) is 2.94. The molecule has 1 aliphatic rings. The molecule has 2 aromatic carbocycles. The lowest BCUT2D eigenvalue weighted by molar-refractivity contribution is -0.129. The summed E-state index contributed by atoms with van der Waals surface area (Å²) in [4.78, 5) is 12.8. The highest BCUT2D eigenvalue weighted by atomic mass is 32.2. The Bertz CT molecular complexity index is 907. The number of halogens is 1. The molecule has 7 heteroatoms. The number of benzene rings is 2. The fourth-order valence-corrected chi connectivity index (χ4v) is 3.81. The van der Waals surface area contributed by atoms with Gasteiger partial charge in [-0.3, -0.25) is 4.79 Å². The number of rotatable bonds is 6. The van der Waals surface area contributed by atoms with Crippen LogP contribution in [0, 0.1) is 5.82 Å². The van der Waals surface area contributed by atoms with Crippen molar-refractivity contribution in [2.45, 2.75) is 36.0 Å². The summed E-state index contributed by atoms with van der Waals surface area (Å²) in [6.45, 7) is 0.421. The summed E-state index contributed by atoms with van der Waals surface area (Å²) in [7, 11) is -3.70. The van der Waals surface area contributed by atoms with Crippen LogP contribution >= 0.6 is 0 Å². The van der Waals surface area contributed by atoms with E-state index in [9.17, 15) is 17.6 Å². The number of amides is 1. The maximum Gasteiger partial charge on any atom is 0.238 e. The Morgan fingerprint density at radius 1 is 1.15 bits per heavy atom. The van der Waals surface area contributed by atoms with E-state index in [1.54, 1.807) is 24.3 Å². The maximum absolute atomic E-state index is 13.5. The molecular formula is C19H21FN2O3S. The van der Waals surface area contributed by atoms with Crippen LogP contribution in [-0.4, -0.2) is 20.9 Å². The molecule has 0 bridgehead atoms. The van der Waals surface area contributed by atoms with Crippen LogP contribution in [0.5, 0.6) is 0 Å². The van der Waals surface area contributed by atoms with Crippen molar-refractivity contribution < 1.29 is 17.6 Å². The molecule has 0 radical (unpaired) electrons. The average Bonchev–Trinajstić information content (AvgIpc) is 2.53. The Kier molecular flexibility index (Phi) is 5.11. The Morgan fingerprint density at radius 2 is 1.85 bits per heavy atom. The molecular weight excluding hydrogens is 355 g/mol. The summed E-state index contributed by atoms with van der Waals surface area (Å²) < 4.78 is 36.0. The van der Waals surface area contributed by atoms with Gasteiger partial charge in [-0.25, -0.2) is 17.9 Å². The van der Waals surface area contributed by atoms with Crippen LogP contribution in [0.25, 0.3) is 0 Å². The van der Waals surface area contributed by atoms with Gasteiger partial charge in [0.05, 0.1) is 10.3 Å². The van der Waals surface area contributed by atoms with Gasteiger partial charge in [-0.05, 0) is 54.7 Å². The van der Waals surface area contributed by atoms with Gasteiger partial charge in [0.15, 0.2) is 0 Å². The van der Waals surface area contributed by atoms with E-state index in [2.05, 4.69) is 5.32 Å². The fraction of sp³-hybridized carbons (Fsp3) is 0.316. The minimum absolute atomic E-state index is 0.0600. The highest BCUT2D eigenvalue weighted by Crippen LogP contribution is 2.44. The molecule has 1 fully saturated rings. The number of primary sulfonamides is 1. The van der Waals surface area contributed by atoms with Crippen molar-refractivity contribution in [2.75, 3.05) is 6.54 Å². The Labute approximate surface area is 152 Å². The van der Waals surface area contributed by atoms with Gasteiger partial charge < -0.3 is 5.32 Å². The fourth-order valence-electron chi connectivity index (χ4n) is 3.30. The predicted molar refractivity (Wildman–Crippen MR) is 96.5 cm³/mol. The van der Waals surface area contributed by atoms with Crippen molar-refractivity contribution in [3.05, 3.63) is 65.5 Å². The molecule has 1 saturated carbocycles. The monoisotopic (exact) mass is 376 g/mol. The van der Waals surface area contributed by atoms with E-state index in [0.717, 1.165) is 17.5 Å². The number of hydrogen-bond acceptors (Lipinski definition) is 3. The second-order valence-electron chi connectivity index (χ2n) is 6.64. The zero-order valence-corrected chi connectivity index (χ0v) is 15.1. The molecule has 0 unspecified atom stereocenters. The zero-order valence-electron chi connectivity index (χ0n) is 14.2. The van der Waals surface area contributed by atoms with Crippen LogP contribution in [0.15, 0.2) is 53.4 Å². The van der Waals surface area contributed by atoms with Gasteiger partial charge in [0.2, 0.25) is 15.9 Å². The first-order chi connectivity index (χ1) is 12.3. The van der Waals surface area contributed by atoms with Crippen molar-refractivity contribution in [2.24, 2.45) is 5.14 Å². The summed E-state index contributed by atoms with van der Waals surface area (Å²) in [5, 5.41) is 8.00. The first-order valence-corrected chi connectivity index (χ1v) is 10.0. The summed E-state index contributed by atoms with van der Waals surface area (Å²) in [6, 6.07) is 12.5. The average molecular weight is 376 g/mol. The first-order valence-electron chi connectivity index (χ1n) is 8.47. The van der Waals surface area contributed by atoms with Gasteiger partial charge in [-0.15, -0.1) is 0 Å².